The summed E-state index contributed by atoms with van der Waals surface area (Å²) in [7, 11) is 0. The van der Waals surface area contributed by atoms with Crippen LogP contribution in [0.4, 0.5) is 11.4 Å². The van der Waals surface area contributed by atoms with Gasteiger partial charge in [0, 0.05) is 18.2 Å². The number of amides is 1. The normalized spacial score (nSPS) is 11.2. The van der Waals surface area contributed by atoms with Crippen LogP contribution in [-0.4, -0.2) is 17.4 Å². The van der Waals surface area contributed by atoms with Crippen molar-refractivity contribution < 1.29 is 9.72 Å². The Morgan fingerprint density at radius 2 is 1.95 bits per heavy atom. The second kappa shape index (κ2) is 5.36. The zero-order valence-electron chi connectivity index (χ0n) is 11.6. The number of nitro benzene ring substituents is 1. The summed E-state index contributed by atoms with van der Waals surface area (Å²) in [6.07, 6.45) is 0. The zero-order valence-corrected chi connectivity index (χ0v) is 11.6. The molecule has 104 valence electrons. The van der Waals surface area contributed by atoms with Gasteiger partial charge >= 0.3 is 0 Å². The Morgan fingerprint density at radius 3 is 2.42 bits per heavy atom. The number of hydrogen-bond donors (Lipinski definition) is 2. The number of aryl methyl sites for hydroxylation is 2. The van der Waals surface area contributed by atoms with Crippen LogP contribution in [0.2, 0.25) is 0 Å². The maximum Gasteiger partial charge on any atom is 0.274 e. The van der Waals surface area contributed by atoms with E-state index in [2.05, 4.69) is 5.32 Å². The predicted octanol–water partition coefficient (Wildman–Crippen LogP) is 2.14. The first-order chi connectivity index (χ1) is 8.69. The van der Waals surface area contributed by atoms with E-state index in [1.807, 2.05) is 0 Å². The Labute approximate surface area is 112 Å². The van der Waals surface area contributed by atoms with Crippen molar-refractivity contribution in [3.8, 4) is 0 Å². The molecule has 19 heavy (non-hydrogen) atoms. The van der Waals surface area contributed by atoms with Crippen LogP contribution in [0.3, 0.4) is 0 Å². The second-order valence-electron chi connectivity index (χ2n) is 5.25. The van der Waals surface area contributed by atoms with Crippen LogP contribution in [0.25, 0.3) is 0 Å². The molecule has 1 aromatic carbocycles. The van der Waals surface area contributed by atoms with E-state index >= 15 is 0 Å². The highest BCUT2D eigenvalue weighted by molar-refractivity contribution is 5.96. The number of benzene rings is 1. The van der Waals surface area contributed by atoms with Crippen LogP contribution in [0, 0.1) is 29.4 Å². The Hall–Kier alpha value is -1.95. The number of nitrogens with one attached hydrogen (secondary N) is 1. The van der Waals surface area contributed by atoms with E-state index in [9.17, 15) is 14.9 Å². The van der Waals surface area contributed by atoms with Crippen molar-refractivity contribution >= 4 is 17.3 Å². The number of rotatable bonds is 4. The molecule has 3 N–H and O–H groups in total. The van der Waals surface area contributed by atoms with Gasteiger partial charge in [-0.25, -0.2) is 0 Å². The van der Waals surface area contributed by atoms with E-state index in [4.69, 9.17) is 5.73 Å². The molecule has 0 aliphatic heterocycles. The van der Waals surface area contributed by atoms with Gasteiger partial charge in [0.15, 0.2) is 0 Å². The summed E-state index contributed by atoms with van der Waals surface area (Å²) >= 11 is 0. The average Bonchev–Trinajstić information content (AvgIpc) is 2.31. The molecule has 6 nitrogen and oxygen atoms in total. The molecule has 0 heterocycles. The van der Waals surface area contributed by atoms with Crippen LogP contribution in [0.15, 0.2) is 12.1 Å². The summed E-state index contributed by atoms with van der Waals surface area (Å²) in [5.74, 6) is -0.253. The van der Waals surface area contributed by atoms with Crippen molar-refractivity contribution in [2.75, 3.05) is 11.9 Å². The summed E-state index contributed by atoms with van der Waals surface area (Å²) < 4.78 is 0. The molecule has 0 aliphatic rings. The quantitative estimate of drug-likeness (QED) is 0.643. The zero-order chi connectivity index (χ0) is 14.8. The number of carbonyl (C=O) groups is 1. The summed E-state index contributed by atoms with van der Waals surface area (Å²) in [5.41, 5.74) is 6.61. The SMILES string of the molecule is Cc1cc(C)c([N+](=O)[O-])cc1NC(=O)C(C)(C)CN. The fraction of sp³-hybridized carbons (Fsp3) is 0.462. The van der Waals surface area contributed by atoms with E-state index in [1.54, 1.807) is 33.8 Å². The minimum atomic E-state index is -0.716. The number of nitro groups is 1. The fourth-order valence-electron chi connectivity index (χ4n) is 1.56. The van der Waals surface area contributed by atoms with Crippen molar-refractivity contribution in [1.82, 2.24) is 0 Å². The van der Waals surface area contributed by atoms with Gasteiger partial charge in [-0.2, -0.15) is 0 Å². The smallest absolute Gasteiger partial charge is 0.274 e. The molecule has 0 aliphatic carbocycles. The van der Waals surface area contributed by atoms with Crippen LogP contribution in [-0.2, 0) is 4.79 Å². The molecule has 6 heteroatoms. The average molecular weight is 265 g/mol. The van der Waals surface area contributed by atoms with Crippen LogP contribution < -0.4 is 11.1 Å². The molecule has 1 rings (SSSR count). The van der Waals surface area contributed by atoms with Gasteiger partial charge in [0.2, 0.25) is 5.91 Å². The van der Waals surface area contributed by atoms with Gasteiger partial charge in [-0.05, 0) is 39.3 Å². The Bertz CT molecular complexity index is 524. The van der Waals surface area contributed by atoms with Gasteiger partial charge in [-0.15, -0.1) is 0 Å². The first-order valence-corrected chi connectivity index (χ1v) is 5.96. The third-order valence-corrected chi connectivity index (χ3v) is 3.11. The van der Waals surface area contributed by atoms with E-state index in [0.717, 1.165) is 5.56 Å². The molecule has 0 saturated heterocycles. The lowest BCUT2D eigenvalue weighted by molar-refractivity contribution is -0.385. The lowest BCUT2D eigenvalue weighted by atomic mass is 9.92. The van der Waals surface area contributed by atoms with Gasteiger partial charge in [0.1, 0.15) is 0 Å². The second-order valence-corrected chi connectivity index (χ2v) is 5.25. The molecule has 0 unspecified atom stereocenters. The molecule has 0 radical (unpaired) electrons. The molecule has 1 aromatic rings. The summed E-state index contributed by atoms with van der Waals surface area (Å²) in [5, 5.41) is 13.6. The first kappa shape index (κ1) is 15.1. The van der Waals surface area contributed by atoms with Gasteiger partial charge in [-0.1, -0.05) is 0 Å². The number of nitrogens with two attached hydrogens (primary N) is 1. The highest BCUT2D eigenvalue weighted by Crippen LogP contribution is 2.27. The number of nitrogens with zero attached hydrogens (tertiary/aromatic N) is 1. The largest absolute Gasteiger partial charge is 0.329 e. The fourth-order valence-corrected chi connectivity index (χ4v) is 1.56. The van der Waals surface area contributed by atoms with Gasteiger partial charge < -0.3 is 11.1 Å². The Morgan fingerprint density at radius 1 is 1.37 bits per heavy atom. The minimum absolute atomic E-state index is 0.00791. The minimum Gasteiger partial charge on any atom is -0.329 e. The molecular formula is C13H19N3O3. The van der Waals surface area contributed by atoms with Gasteiger partial charge in [0.05, 0.1) is 16.0 Å². The summed E-state index contributed by atoms with van der Waals surface area (Å²) in [4.78, 5) is 22.5. The van der Waals surface area contributed by atoms with E-state index in [0.29, 0.717) is 11.3 Å². The van der Waals surface area contributed by atoms with E-state index in [-0.39, 0.29) is 18.1 Å². The molecule has 0 saturated carbocycles. The molecule has 0 atom stereocenters. The van der Waals surface area contributed by atoms with Crippen molar-refractivity contribution in [3.63, 3.8) is 0 Å². The van der Waals surface area contributed by atoms with E-state index in [1.165, 1.54) is 6.07 Å². The maximum atomic E-state index is 12.0. The predicted molar refractivity (Wildman–Crippen MR) is 74.0 cm³/mol. The lowest BCUT2D eigenvalue weighted by Gasteiger charge is -2.22. The van der Waals surface area contributed by atoms with Crippen LogP contribution >= 0.6 is 0 Å². The topological polar surface area (TPSA) is 98.3 Å². The van der Waals surface area contributed by atoms with Crippen LogP contribution in [0.5, 0.6) is 0 Å². The number of hydrogen-bond acceptors (Lipinski definition) is 4. The highest BCUT2D eigenvalue weighted by Gasteiger charge is 2.26. The standard InChI is InChI=1S/C13H19N3O3/c1-8-5-9(2)11(16(18)19)6-10(8)15-12(17)13(3,4)7-14/h5-6H,7,14H2,1-4H3,(H,15,17). The first-order valence-electron chi connectivity index (χ1n) is 5.96. The van der Waals surface area contributed by atoms with Crippen LogP contribution in [0.1, 0.15) is 25.0 Å². The van der Waals surface area contributed by atoms with Crippen molar-refractivity contribution in [3.05, 3.63) is 33.4 Å². The number of anilines is 1. The molecular weight excluding hydrogens is 246 g/mol. The third kappa shape index (κ3) is 3.29. The maximum absolute atomic E-state index is 12.0. The molecule has 0 aromatic heterocycles. The highest BCUT2D eigenvalue weighted by atomic mass is 16.6. The molecule has 0 bridgehead atoms. The monoisotopic (exact) mass is 265 g/mol. The molecule has 1 amide bonds. The summed E-state index contributed by atoms with van der Waals surface area (Å²) in [6, 6.07) is 3.07. The molecule has 0 fully saturated rings. The summed E-state index contributed by atoms with van der Waals surface area (Å²) in [6.45, 7) is 7.11. The Kier molecular flexibility index (Phi) is 4.26. The van der Waals surface area contributed by atoms with Crippen molar-refractivity contribution in [2.24, 2.45) is 11.1 Å². The lowest BCUT2D eigenvalue weighted by Crippen LogP contribution is -2.37. The Balaban J connectivity index is 3.12. The van der Waals surface area contributed by atoms with Crippen molar-refractivity contribution in [2.45, 2.75) is 27.7 Å². The van der Waals surface area contributed by atoms with E-state index < -0.39 is 10.3 Å². The van der Waals surface area contributed by atoms with Gasteiger partial charge in [-0.3, -0.25) is 14.9 Å². The number of carbonyl (C=O) groups excluding carboxylic acids is 1. The third-order valence-electron chi connectivity index (χ3n) is 3.11. The van der Waals surface area contributed by atoms with Gasteiger partial charge in [0.25, 0.3) is 5.69 Å². The molecule has 0 spiro atoms. The van der Waals surface area contributed by atoms with Crippen molar-refractivity contribution in [1.29, 1.82) is 0 Å².